The summed E-state index contributed by atoms with van der Waals surface area (Å²) in [5.74, 6) is 0.793. The van der Waals surface area contributed by atoms with Crippen molar-refractivity contribution in [2.45, 2.75) is 38.1 Å². The molecular formula is C27H32N2O2. The van der Waals surface area contributed by atoms with Gasteiger partial charge in [0.25, 0.3) is 0 Å². The molecule has 31 heavy (non-hydrogen) atoms. The van der Waals surface area contributed by atoms with Crippen molar-refractivity contribution in [3.8, 4) is 5.75 Å². The highest BCUT2D eigenvalue weighted by molar-refractivity contribution is 5.33. The fourth-order valence-corrected chi connectivity index (χ4v) is 4.23. The lowest BCUT2D eigenvalue weighted by molar-refractivity contribution is 0.0744. The van der Waals surface area contributed by atoms with E-state index in [4.69, 9.17) is 4.74 Å². The van der Waals surface area contributed by atoms with E-state index in [9.17, 15) is 5.11 Å². The van der Waals surface area contributed by atoms with Crippen molar-refractivity contribution < 1.29 is 9.84 Å². The van der Waals surface area contributed by atoms with E-state index in [0.717, 1.165) is 31.7 Å². The van der Waals surface area contributed by atoms with Gasteiger partial charge in [-0.2, -0.15) is 0 Å². The van der Waals surface area contributed by atoms with E-state index >= 15 is 0 Å². The summed E-state index contributed by atoms with van der Waals surface area (Å²) in [6, 6.07) is 27.7. The molecule has 0 aliphatic heterocycles. The van der Waals surface area contributed by atoms with Crippen LogP contribution in [0.3, 0.4) is 0 Å². The fourth-order valence-electron chi connectivity index (χ4n) is 4.23. The highest BCUT2D eigenvalue weighted by Gasteiger charge is 2.20. The molecule has 0 radical (unpaired) electrons. The molecule has 4 rings (SSSR count). The Morgan fingerprint density at radius 3 is 2.23 bits per heavy atom. The van der Waals surface area contributed by atoms with E-state index < -0.39 is 6.10 Å². The van der Waals surface area contributed by atoms with Crippen LogP contribution in [0.15, 0.2) is 78.9 Å². The Morgan fingerprint density at radius 1 is 0.903 bits per heavy atom. The van der Waals surface area contributed by atoms with Gasteiger partial charge in [-0.25, -0.2) is 0 Å². The van der Waals surface area contributed by atoms with Crippen LogP contribution in [0.5, 0.6) is 5.75 Å². The summed E-state index contributed by atoms with van der Waals surface area (Å²) in [5.41, 5.74) is 5.42. The third-order valence-electron chi connectivity index (χ3n) is 5.83. The van der Waals surface area contributed by atoms with Gasteiger partial charge in [-0.05, 0) is 54.3 Å². The standard InChI is InChI=1S/C27H32N2O2/c1-29(18-22-7-3-2-4-8-22)19-26(30)20-31-27-13-11-21(12-14-27)17-28-25-15-23-9-5-6-10-24(23)16-25/h2-14,25-26,28,30H,15-20H2,1H3. The third kappa shape index (κ3) is 6.41. The topological polar surface area (TPSA) is 44.7 Å². The number of ether oxygens (including phenoxy) is 1. The van der Waals surface area contributed by atoms with Crippen LogP contribution in [0.1, 0.15) is 22.3 Å². The lowest BCUT2D eigenvalue weighted by Crippen LogP contribution is -2.32. The number of rotatable bonds is 10. The molecule has 0 spiro atoms. The summed E-state index contributed by atoms with van der Waals surface area (Å²) in [6.07, 6.45) is 1.68. The van der Waals surface area contributed by atoms with Gasteiger partial charge in [0.2, 0.25) is 0 Å². The molecule has 4 nitrogen and oxygen atoms in total. The first-order chi connectivity index (χ1) is 15.2. The van der Waals surface area contributed by atoms with Crippen molar-refractivity contribution >= 4 is 0 Å². The molecule has 0 aromatic heterocycles. The Bertz CT molecular complexity index is 918. The van der Waals surface area contributed by atoms with Crippen molar-refractivity contribution in [3.63, 3.8) is 0 Å². The second kappa shape index (κ2) is 10.6. The fraction of sp³-hybridized carbons (Fsp3) is 0.333. The number of nitrogens with one attached hydrogen (secondary N) is 1. The summed E-state index contributed by atoms with van der Waals surface area (Å²) in [5, 5.41) is 14.0. The molecule has 0 saturated carbocycles. The normalized spacial score (nSPS) is 14.5. The molecule has 1 atom stereocenters. The molecule has 3 aromatic carbocycles. The Balaban J connectivity index is 1.16. The van der Waals surface area contributed by atoms with E-state index in [1.54, 1.807) is 0 Å². The van der Waals surface area contributed by atoms with Crippen LogP contribution in [0.4, 0.5) is 0 Å². The second-order valence-corrected chi connectivity index (χ2v) is 8.55. The zero-order valence-corrected chi connectivity index (χ0v) is 18.2. The van der Waals surface area contributed by atoms with Gasteiger partial charge < -0.3 is 15.2 Å². The average molecular weight is 417 g/mol. The van der Waals surface area contributed by atoms with Gasteiger partial charge >= 0.3 is 0 Å². The monoisotopic (exact) mass is 416 g/mol. The van der Waals surface area contributed by atoms with Crippen molar-refractivity contribution in [2.24, 2.45) is 0 Å². The summed E-state index contributed by atoms with van der Waals surface area (Å²) in [7, 11) is 2.01. The molecule has 1 aliphatic carbocycles. The van der Waals surface area contributed by atoms with Gasteiger partial charge in [0.15, 0.2) is 0 Å². The van der Waals surface area contributed by atoms with Crippen LogP contribution >= 0.6 is 0 Å². The third-order valence-corrected chi connectivity index (χ3v) is 5.83. The predicted octanol–water partition coefficient (Wildman–Crippen LogP) is 3.82. The second-order valence-electron chi connectivity index (χ2n) is 8.55. The zero-order valence-electron chi connectivity index (χ0n) is 18.2. The number of likely N-dealkylation sites (N-methyl/N-ethyl adjacent to an activating group) is 1. The van der Waals surface area contributed by atoms with Gasteiger partial charge in [-0.15, -0.1) is 0 Å². The Morgan fingerprint density at radius 2 is 1.55 bits per heavy atom. The molecular weight excluding hydrogens is 384 g/mol. The maximum Gasteiger partial charge on any atom is 0.119 e. The number of aliphatic hydroxyl groups is 1. The molecule has 0 saturated heterocycles. The molecule has 0 amide bonds. The Kier molecular flexibility index (Phi) is 7.36. The Hall–Kier alpha value is -2.66. The molecule has 4 heteroatoms. The Labute approximate surface area is 185 Å². The van der Waals surface area contributed by atoms with Crippen molar-refractivity contribution in [1.82, 2.24) is 10.2 Å². The van der Waals surface area contributed by atoms with E-state index in [-0.39, 0.29) is 6.61 Å². The van der Waals surface area contributed by atoms with Crippen LogP contribution in [-0.2, 0) is 25.9 Å². The quantitative estimate of drug-likeness (QED) is 0.528. The molecule has 1 unspecified atom stereocenters. The summed E-state index contributed by atoms with van der Waals surface area (Å²) in [4.78, 5) is 2.11. The largest absolute Gasteiger partial charge is 0.491 e. The highest BCUT2D eigenvalue weighted by atomic mass is 16.5. The van der Waals surface area contributed by atoms with Crippen molar-refractivity contribution in [1.29, 1.82) is 0 Å². The molecule has 3 aromatic rings. The minimum absolute atomic E-state index is 0.289. The van der Waals surface area contributed by atoms with Crippen LogP contribution < -0.4 is 10.1 Å². The van der Waals surface area contributed by atoms with Gasteiger partial charge in [0.05, 0.1) is 0 Å². The maximum absolute atomic E-state index is 10.3. The van der Waals surface area contributed by atoms with Gasteiger partial charge in [0, 0.05) is 25.7 Å². The number of nitrogens with zero attached hydrogens (tertiary/aromatic N) is 1. The smallest absolute Gasteiger partial charge is 0.119 e. The van der Waals surface area contributed by atoms with Gasteiger partial charge in [-0.1, -0.05) is 66.7 Å². The van der Waals surface area contributed by atoms with E-state index in [0.29, 0.717) is 12.6 Å². The lowest BCUT2D eigenvalue weighted by Gasteiger charge is -2.21. The van der Waals surface area contributed by atoms with Crippen molar-refractivity contribution in [3.05, 3.63) is 101 Å². The molecule has 0 heterocycles. The molecule has 2 N–H and O–H groups in total. The van der Waals surface area contributed by atoms with E-state index in [1.807, 2.05) is 37.4 Å². The number of hydrogen-bond acceptors (Lipinski definition) is 4. The maximum atomic E-state index is 10.3. The molecule has 1 aliphatic rings. The number of hydrogen-bond donors (Lipinski definition) is 2. The van der Waals surface area contributed by atoms with Crippen LogP contribution in [0.25, 0.3) is 0 Å². The highest BCUT2D eigenvalue weighted by Crippen LogP contribution is 2.22. The van der Waals surface area contributed by atoms with Gasteiger partial charge in [0.1, 0.15) is 18.5 Å². The first-order valence-electron chi connectivity index (χ1n) is 11.1. The molecule has 0 bridgehead atoms. The van der Waals surface area contributed by atoms with Gasteiger partial charge in [-0.3, -0.25) is 4.90 Å². The van der Waals surface area contributed by atoms with Crippen LogP contribution in [-0.4, -0.2) is 42.4 Å². The zero-order chi connectivity index (χ0) is 21.5. The van der Waals surface area contributed by atoms with Crippen molar-refractivity contribution in [2.75, 3.05) is 20.2 Å². The van der Waals surface area contributed by atoms with Crippen LogP contribution in [0.2, 0.25) is 0 Å². The molecule has 0 fully saturated rings. The predicted molar refractivity (Wildman–Crippen MR) is 125 cm³/mol. The number of fused-ring (bicyclic) bond motifs is 1. The number of aliphatic hydroxyl groups excluding tert-OH is 1. The SMILES string of the molecule is CN(Cc1ccccc1)CC(O)COc1ccc(CNC2Cc3ccccc3C2)cc1. The average Bonchev–Trinajstić information content (AvgIpc) is 3.21. The lowest BCUT2D eigenvalue weighted by atomic mass is 10.1. The van der Waals surface area contributed by atoms with E-state index in [2.05, 4.69) is 58.7 Å². The summed E-state index contributed by atoms with van der Waals surface area (Å²) in [6.45, 7) is 2.52. The summed E-state index contributed by atoms with van der Waals surface area (Å²) >= 11 is 0. The van der Waals surface area contributed by atoms with Crippen LogP contribution in [0, 0.1) is 0 Å². The minimum atomic E-state index is -0.529. The molecule has 162 valence electrons. The van der Waals surface area contributed by atoms with E-state index in [1.165, 1.54) is 22.3 Å². The number of benzene rings is 3. The first-order valence-corrected chi connectivity index (χ1v) is 11.1. The first kappa shape index (κ1) is 21.6. The minimum Gasteiger partial charge on any atom is -0.491 e. The summed E-state index contributed by atoms with van der Waals surface area (Å²) < 4.78 is 5.80.